The predicted molar refractivity (Wildman–Crippen MR) is 447 cm³/mol. The number of ether oxygens (including phenoxy) is 1. The summed E-state index contributed by atoms with van der Waals surface area (Å²) in [7, 11) is 0. The monoisotopic (exact) mass is 1450 g/mol. The van der Waals surface area contributed by atoms with Crippen LogP contribution in [0, 0.1) is 37.1 Å². The minimum atomic E-state index is -0.953. The first-order valence-corrected chi connectivity index (χ1v) is 38.6. The highest BCUT2D eigenvalue weighted by Gasteiger charge is 2.57. The highest BCUT2D eigenvalue weighted by Crippen LogP contribution is 2.65. The van der Waals surface area contributed by atoms with Gasteiger partial charge in [-0.1, -0.05) is 301 Å². The summed E-state index contributed by atoms with van der Waals surface area (Å²) in [4.78, 5) is 0. The number of benzene rings is 14. The van der Waals surface area contributed by atoms with Crippen LogP contribution in [0.25, 0.3) is 46.1 Å². The molecule has 18 rings (SSSR count). The first-order valence-electron chi connectivity index (χ1n) is 38.6. The van der Waals surface area contributed by atoms with Crippen LogP contribution in [-0.4, -0.2) is 0 Å². The standard InChI is InChI=1S/C106H84F4O/c1-9-68-27-29-70(30-28-68)31-32-71-33-43-77(44-34-71)105(76-41-25-66(3)26-42-76)88-20-13-12-19-84(88)86-56-39-74(62-93(86)105)100(101-97(109)23-16-24-98(101)110)75-40-58-91-95(63-75)104(65-103(91,7)8)64-102(5,6)90-57-37-72(60-94(90)104)59-87(99-67(4)17-15-22-96(99)108)73-38-55-85-83-18-11-14-21-89(83)106(92(85)61-73,78-45-49-80(107)50-46-78)79-47-53-82(54-48-79)111-81-51-35-69(10-2)36-52-81/h9-30,33-63,100H,1-2,31-32,64-65H2,3-8H3/b87-59+. The number of rotatable bonds is 17. The predicted octanol–water partition coefficient (Wildman–Crippen LogP) is 26.9. The largest absolute Gasteiger partial charge is 0.457 e. The molecule has 1 spiro atoms. The molecule has 0 fully saturated rings. The summed E-state index contributed by atoms with van der Waals surface area (Å²) in [5.41, 5.74) is 25.4. The third kappa shape index (κ3) is 11.6. The molecule has 14 aromatic carbocycles. The molecule has 4 atom stereocenters. The van der Waals surface area contributed by atoms with Crippen molar-refractivity contribution in [3.63, 3.8) is 0 Å². The van der Waals surface area contributed by atoms with E-state index in [0.29, 0.717) is 22.6 Å². The lowest BCUT2D eigenvalue weighted by Gasteiger charge is -2.35. The van der Waals surface area contributed by atoms with Gasteiger partial charge in [0.2, 0.25) is 0 Å². The maximum absolute atomic E-state index is 17.5. The Morgan fingerprint density at radius 2 is 0.820 bits per heavy atom. The van der Waals surface area contributed by atoms with Crippen LogP contribution in [0.3, 0.4) is 0 Å². The summed E-state index contributed by atoms with van der Waals surface area (Å²) in [6.07, 6.45) is 9.17. The summed E-state index contributed by atoms with van der Waals surface area (Å²) >= 11 is 0. The number of fused-ring (bicyclic) bond motifs is 10. The van der Waals surface area contributed by atoms with E-state index in [4.69, 9.17) is 4.74 Å². The van der Waals surface area contributed by atoms with Crippen LogP contribution >= 0.6 is 0 Å². The van der Waals surface area contributed by atoms with Gasteiger partial charge in [0.1, 0.15) is 34.8 Å². The molecule has 14 aromatic rings. The van der Waals surface area contributed by atoms with Gasteiger partial charge in [0.05, 0.1) is 10.8 Å². The van der Waals surface area contributed by atoms with E-state index in [1.807, 2.05) is 67.6 Å². The Bertz CT molecular complexity index is 6030. The molecule has 0 radical (unpaired) electrons. The molecule has 0 amide bonds. The van der Waals surface area contributed by atoms with E-state index in [1.165, 1.54) is 58.1 Å². The average molecular weight is 1450 g/mol. The van der Waals surface area contributed by atoms with E-state index in [0.717, 1.165) is 143 Å². The van der Waals surface area contributed by atoms with Crippen molar-refractivity contribution in [3.05, 3.63) is 473 Å². The summed E-state index contributed by atoms with van der Waals surface area (Å²) in [5.74, 6) is -1.43. The topological polar surface area (TPSA) is 9.23 Å². The minimum absolute atomic E-state index is 0.00113. The minimum Gasteiger partial charge on any atom is -0.457 e. The second-order valence-corrected chi connectivity index (χ2v) is 32.4. The number of halogens is 4. The second kappa shape index (κ2) is 27.1. The first-order chi connectivity index (χ1) is 53.8. The fourth-order valence-electron chi connectivity index (χ4n) is 20.0. The van der Waals surface area contributed by atoms with Gasteiger partial charge in [0.15, 0.2) is 0 Å². The lowest BCUT2D eigenvalue weighted by atomic mass is 9.67. The van der Waals surface area contributed by atoms with Crippen LogP contribution in [-0.2, 0) is 39.9 Å². The van der Waals surface area contributed by atoms with Gasteiger partial charge >= 0.3 is 0 Å². The van der Waals surface area contributed by atoms with Crippen molar-refractivity contribution in [2.45, 2.75) is 100 Å². The van der Waals surface area contributed by atoms with E-state index in [1.54, 1.807) is 18.2 Å². The Hall–Kier alpha value is -12.2. The molecule has 0 N–H and O–H groups in total. The smallest absolute Gasteiger partial charge is 0.131 e. The van der Waals surface area contributed by atoms with Crippen molar-refractivity contribution in [1.29, 1.82) is 0 Å². The van der Waals surface area contributed by atoms with Crippen LogP contribution in [0.5, 0.6) is 11.5 Å². The Balaban J connectivity index is 0.783. The normalized spacial score (nSPS) is 18.2. The molecule has 4 aliphatic rings. The van der Waals surface area contributed by atoms with E-state index < -0.39 is 33.8 Å². The van der Waals surface area contributed by atoms with Crippen molar-refractivity contribution in [3.8, 4) is 33.8 Å². The van der Waals surface area contributed by atoms with Crippen LogP contribution < -0.4 is 4.74 Å². The van der Waals surface area contributed by atoms with Crippen molar-refractivity contribution in [2.24, 2.45) is 0 Å². The lowest BCUT2D eigenvalue weighted by Crippen LogP contribution is -2.29. The SMILES string of the molecule is C=Cc1ccc(CCc2ccc(C3(c4ccc(C)cc4)c4ccccc4-c4ccc(C(c5ccc6c(c5)C5(CC(C)(C)c7ccc(/C=C(\c8ccc9c(c8)C(c8ccc(F)cc8)(c8ccc(Oc%10ccc(C=C)cc%10)cc8)c8ccccc8-9)c8c(C)cccc8F)cc75)CC6(C)C)c5c(F)cccc5F)cc43)cc2)cc1. The van der Waals surface area contributed by atoms with Gasteiger partial charge in [-0.05, 0) is 262 Å². The first kappa shape index (κ1) is 70.5. The van der Waals surface area contributed by atoms with E-state index in [-0.39, 0.29) is 28.0 Å². The fourth-order valence-corrected chi connectivity index (χ4v) is 20.0. The van der Waals surface area contributed by atoms with Crippen LogP contribution in [0.1, 0.15) is 180 Å². The summed E-state index contributed by atoms with van der Waals surface area (Å²) < 4.78 is 74.2. The van der Waals surface area contributed by atoms with E-state index in [9.17, 15) is 0 Å². The van der Waals surface area contributed by atoms with Gasteiger partial charge in [-0.2, -0.15) is 0 Å². The Labute approximate surface area is 649 Å². The molecule has 5 heteroatoms. The van der Waals surface area contributed by atoms with Gasteiger partial charge in [-0.3, -0.25) is 0 Å². The number of aryl methyl sites for hydroxylation is 4. The molecule has 4 aliphatic carbocycles. The van der Waals surface area contributed by atoms with Gasteiger partial charge in [-0.25, -0.2) is 17.6 Å². The van der Waals surface area contributed by atoms with Gasteiger partial charge in [0, 0.05) is 22.5 Å². The number of hydrogen-bond donors (Lipinski definition) is 0. The van der Waals surface area contributed by atoms with Gasteiger partial charge in [0.25, 0.3) is 0 Å². The molecular weight excluding hydrogens is 1370 g/mol. The summed E-state index contributed by atoms with van der Waals surface area (Å²) in [6, 6.07) is 103. The molecule has 1 nitrogen and oxygen atoms in total. The second-order valence-electron chi connectivity index (χ2n) is 32.4. The molecule has 0 saturated heterocycles. The van der Waals surface area contributed by atoms with E-state index >= 15 is 17.6 Å². The maximum Gasteiger partial charge on any atom is 0.131 e. The molecule has 111 heavy (non-hydrogen) atoms. The fraction of sp³-hybridized carbons (Fsp3) is 0.151. The summed E-state index contributed by atoms with van der Waals surface area (Å²) in [5, 5.41) is 0. The average Bonchev–Trinajstić information content (AvgIpc) is 1.53. The van der Waals surface area contributed by atoms with Crippen molar-refractivity contribution >= 4 is 23.8 Å². The Morgan fingerprint density at radius 3 is 1.39 bits per heavy atom. The molecular formula is C106H84F4O. The number of hydrogen-bond acceptors (Lipinski definition) is 1. The maximum atomic E-state index is 17.5. The van der Waals surface area contributed by atoms with Crippen molar-refractivity contribution < 1.29 is 22.3 Å². The molecule has 0 aliphatic heterocycles. The van der Waals surface area contributed by atoms with Gasteiger partial charge < -0.3 is 4.74 Å². The lowest BCUT2D eigenvalue weighted by molar-refractivity contribution is 0.349. The van der Waals surface area contributed by atoms with Crippen molar-refractivity contribution in [2.75, 3.05) is 0 Å². The van der Waals surface area contributed by atoms with Crippen LogP contribution in [0.4, 0.5) is 17.6 Å². The zero-order valence-electron chi connectivity index (χ0n) is 63.3. The van der Waals surface area contributed by atoms with Crippen molar-refractivity contribution in [1.82, 2.24) is 0 Å². The molecule has 0 aromatic heterocycles. The Kier molecular flexibility index (Phi) is 17.2. The summed E-state index contributed by atoms with van der Waals surface area (Å²) in [6.45, 7) is 21.3. The molecule has 542 valence electrons. The highest BCUT2D eigenvalue weighted by molar-refractivity contribution is 5.96. The third-order valence-electron chi connectivity index (χ3n) is 25.0. The highest BCUT2D eigenvalue weighted by atomic mass is 19.1. The zero-order valence-corrected chi connectivity index (χ0v) is 63.3. The zero-order chi connectivity index (χ0) is 76.3. The van der Waals surface area contributed by atoms with Crippen LogP contribution in [0.15, 0.2) is 316 Å². The van der Waals surface area contributed by atoms with E-state index in [2.05, 4.69) is 260 Å². The quantitative estimate of drug-likeness (QED) is 0.0502. The van der Waals surface area contributed by atoms with Gasteiger partial charge in [-0.15, -0.1) is 0 Å². The van der Waals surface area contributed by atoms with Crippen LogP contribution in [0.2, 0.25) is 0 Å². The molecule has 4 unspecified atom stereocenters. The Morgan fingerprint density at radius 1 is 0.387 bits per heavy atom. The molecule has 0 bridgehead atoms. The molecule has 0 heterocycles. The molecule has 0 saturated carbocycles. The third-order valence-corrected chi connectivity index (χ3v) is 25.0.